The predicted molar refractivity (Wildman–Crippen MR) is 55.0 cm³/mol. The lowest BCUT2D eigenvalue weighted by Gasteiger charge is -2.24. The molecule has 2 amide bonds. The molecule has 1 atom stereocenters. The van der Waals surface area contributed by atoms with Crippen molar-refractivity contribution in [2.24, 2.45) is 5.73 Å². The number of amides is 2. The van der Waals surface area contributed by atoms with Crippen molar-refractivity contribution in [3.05, 3.63) is 0 Å². The number of imide groups is 1. The van der Waals surface area contributed by atoms with E-state index in [-0.39, 0.29) is 31.1 Å². The summed E-state index contributed by atoms with van der Waals surface area (Å²) in [7, 11) is 0. The summed E-state index contributed by atoms with van der Waals surface area (Å²) >= 11 is 0. The van der Waals surface area contributed by atoms with Crippen molar-refractivity contribution in [3.63, 3.8) is 0 Å². The van der Waals surface area contributed by atoms with Crippen LogP contribution in [0.5, 0.6) is 0 Å². The van der Waals surface area contributed by atoms with Gasteiger partial charge < -0.3 is 10.5 Å². The summed E-state index contributed by atoms with van der Waals surface area (Å²) in [4.78, 5) is 23.9. The maximum absolute atomic E-state index is 11.3. The highest BCUT2D eigenvalue weighted by molar-refractivity contribution is 5.98. The molecule has 1 unspecified atom stereocenters. The van der Waals surface area contributed by atoms with E-state index in [0.717, 1.165) is 19.3 Å². The maximum Gasteiger partial charge on any atom is 0.255 e. The molecule has 0 aromatic heterocycles. The molecule has 5 heteroatoms. The highest BCUT2D eigenvalue weighted by Gasteiger charge is 2.25. The van der Waals surface area contributed by atoms with Gasteiger partial charge in [0.2, 0.25) is 0 Å². The second-order valence-electron chi connectivity index (χ2n) is 3.90. The van der Waals surface area contributed by atoms with E-state index in [1.54, 1.807) is 0 Å². The largest absolute Gasteiger partial charge is 0.362 e. The first-order valence-corrected chi connectivity index (χ1v) is 5.28. The molecule has 0 aliphatic carbocycles. The molecule has 0 saturated carbocycles. The summed E-state index contributed by atoms with van der Waals surface area (Å²) in [5.74, 6) is -0.459. The summed E-state index contributed by atoms with van der Waals surface area (Å²) < 4.78 is 4.81. The van der Waals surface area contributed by atoms with E-state index >= 15 is 0 Å². The fraction of sp³-hybridized carbons (Fsp3) is 0.800. The number of nitrogens with two attached hydrogens (primary N) is 1. The van der Waals surface area contributed by atoms with Crippen molar-refractivity contribution in [1.29, 1.82) is 0 Å². The smallest absolute Gasteiger partial charge is 0.255 e. The Bertz CT molecular complexity index is 225. The van der Waals surface area contributed by atoms with Gasteiger partial charge in [0, 0.05) is 12.6 Å². The first-order chi connectivity index (χ1) is 7.11. The first kappa shape index (κ1) is 12.1. The van der Waals surface area contributed by atoms with E-state index in [1.165, 1.54) is 4.90 Å². The maximum atomic E-state index is 11.3. The van der Waals surface area contributed by atoms with Crippen LogP contribution in [0.3, 0.4) is 0 Å². The zero-order valence-corrected chi connectivity index (χ0v) is 9.07. The Hall–Kier alpha value is -0.940. The fourth-order valence-corrected chi connectivity index (χ4v) is 1.51. The molecule has 1 heterocycles. The number of nitrogens with zero attached hydrogens (tertiary/aromatic N) is 1. The molecular formula is C10H18N2O3. The molecule has 0 aromatic rings. The van der Waals surface area contributed by atoms with Gasteiger partial charge in [-0.25, -0.2) is 0 Å². The van der Waals surface area contributed by atoms with Crippen molar-refractivity contribution >= 4 is 11.8 Å². The van der Waals surface area contributed by atoms with E-state index in [1.807, 2.05) is 6.92 Å². The Morgan fingerprint density at radius 3 is 2.47 bits per heavy atom. The van der Waals surface area contributed by atoms with E-state index < -0.39 is 0 Å². The lowest BCUT2D eigenvalue weighted by molar-refractivity contribution is -0.158. The first-order valence-electron chi connectivity index (χ1n) is 5.28. The number of morpholine rings is 1. The van der Waals surface area contributed by atoms with Crippen LogP contribution in [0.25, 0.3) is 0 Å². The van der Waals surface area contributed by atoms with Gasteiger partial charge in [0.05, 0.1) is 0 Å². The van der Waals surface area contributed by atoms with Crippen molar-refractivity contribution in [2.45, 2.75) is 32.2 Å². The summed E-state index contributed by atoms with van der Waals surface area (Å²) in [6.07, 6.45) is 2.68. The number of ether oxygens (including phenoxy) is 1. The Kier molecular flexibility index (Phi) is 4.71. The third-order valence-electron chi connectivity index (χ3n) is 2.34. The van der Waals surface area contributed by atoms with Crippen LogP contribution in [0.4, 0.5) is 0 Å². The molecule has 1 rings (SSSR count). The zero-order chi connectivity index (χ0) is 11.3. The lowest BCUT2D eigenvalue weighted by atomic mass is 10.1. The van der Waals surface area contributed by atoms with E-state index in [0.29, 0.717) is 6.54 Å². The summed E-state index contributed by atoms with van der Waals surface area (Å²) in [5.41, 5.74) is 5.60. The van der Waals surface area contributed by atoms with Gasteiger partial charge in [-0.15, -0.1) is 0 Å². The monoisotopic (exact) mass is 214 g/mol. The third kappa shape index (κ3) is 3.97. The highest BCUT2D eigenvalue weighted by Crippen LogP contribution is 2.05. The zero-order valence-electron chi connectivity index (χ0n) is 9.07. The van der Waals surface area contributed by atoms with Gasteiger partial charge in [0.15, 0.2) is 0 Å². The SMILES string of the molecule is CC(N)CCCCN1C(=O)COCC1=O. The number of hydrogen-bond donors (Lipinski definition) is 1. The van der Waals surface area contributed by atoms with E-state index in [9.17, 15) is 9.59 Å². The van der Waals surface area contributed by atoms with E-state index in [2.05, 4.69) is 0 Å². The molecule has 2 N–H and O–H groups in total. The Balaban J connectivity index is 2.24. The molecular weight excluding hydrogens is 196 g/mol. The molecule has 1 saturated heterocycles. The molecule has 86 valence electrons. The van der Waals surface area contributed by atoms with E-state index in [4.69, 9.17) is 10.5 Å². The molecule has 1 aliphatic heterocycles. The normalized spacial score (nSPS) is 19.5. The second-order valence-corrected chi connectivity index (χ2v) is 3.90. The van der Waals surface area contributed by atoms with Crippen molar-refractivity contribution in [2.75, 3.05) is 19.8 Å². The lowest BCUT2D eigenvalue weighted by Crippen LogP contribution is -2.46. The molecule has 0 bridgehead atoms. The standard InChI is InChI=1S/C10H18N2O3/c1-8(11)4-2-3-5-12-9(13)6-15-7-10(12)14/h8H,2-7,11H2,1H3. The summed E-state index contributed by atoms with van der Waals surface area (Å²) in [6, 6.07) is 0.182. The van der Waals surface area contributed by atoms with Crippen LogP contribution in [0.1, 0.15) is 26.2 Å². The number of rotatable bonds is 5. The van der Waals surface area contributed by atoms with Crippen molar-refractivity contribution in [1.82, 2.24) is 4.90 Å². The fourth-order valence-electron chi connectivity index (χ4n) is 1.51. The number of unbranched alkanes of at least 4 members (excludes halogenated alkanes) is 1. The Morgan fingerprint density at radius 1 is 1.33 bits per heavy atom. The minimum atomic E-state index is -0.230. The van der Waals surface area contributed by atoms with Gasteiger partial charge in [-0.3, -0.25) is 14.5 Å². The Morgan fingerprint density at radius 2 is 1.93 bits per heavy atom. The second kappa shape index (κ2) is 5.82. The van der Waals surface area contributed by atoms with Gasteiger partial charge >= 0.3 is 0 Å². The minimum Gasteiger partial charge on any atom is -0.362 e. The Labute approximate surface area is 89.6 Å². The predicted octanol–water partition coefficient (Wildman–Crippen LogP) is -0.111. The average molecular weight is 214 g/mol. The molecule has 0 spiro atoms. The molecule has 0 aromatic carbocycles. The molecule has 1 aliphatic rings. The van der Waals surface area contributed by atoms with Crippen LogP contribution in [0.15, 0.2) is 0 Å². The van der Waals surface area contributed by atoms with Gasteiger partial charge in [-0.2, -0.15) is 0 Å². The number of carbonyl (C=O) groups is 2. The van der Waals surface area contributed by atoms with Gasteiger partial charge in [-0.1, -0.05) is 6.42 Å². The van der Waals surface area contributed by atoms with Gasteiger partial charge in [0.25, 0.3) is 11.8 Å². The van der Waals surface area contributed by atoms with Crippen molar-refractivity contribution in [3.8, 4) is 0 Å². The van der Waals surface area contributed by atoms with Crippen LogP contribution in [-0.4, -0.2) is 42.5 Å². The van der Waals surface area contributed by atoms with Gasteiger partial charge in [0.1, 0.15) is 13.2 Å². The highest BCUT2D eigenvalue weighted by atomic mass is 16.5. The van der Waals surface area contributed by atoms with Crippen LogP contribution in [0.2, 0.25) is 0 Å². The van der Waals surface area contributed by atoms with Crippen LogP contribution in [-0.2, 0) is 14.3 Å². The van der Waals surface area contributed by atoms with Crippen LogP contribution < -0.4 is 5.73 Å². The third-order valence-corrected chi connectivity index (χ3v) is 2.34. The van der Waals surface area contributed by atoms with Crippen molar-refractivity contribution < 1.29 is 14.3 Å². The molecule has 15 heavy (non-hydrogen) atoms. The van der Waals surface area contributed by atoms with Gasteiger partial charge in [-0.05, 0) is 19.8 Å². The number of carbonyl (C=O) groups excluding carboxylic acids is 2. The topological polar surface area (TPSA) is 72.6 Å². The quantitative estimate of drug-likeness (QED) is 0.512. The summed E-state index contributed by atoms with van der Waals surface area (Å²) in [6.45, 7) is 2.50. The minimum absolute atomic E-state index is 0.0268. The molecule has 5 nitrogen and oxygen atoms in total. The average Bonchev–Trinajstić information content (AvgIpc) is 2.15. The van der Waals surface area contributed by atoms with Crippen LogP contribution >= 0.6 is 0 Å². The number of hydrogen-bond acceptors (Lipinski definition) is 4. The summed E-state index contributed by atoms with van der Waals surface area (Å²) in [5, 5.41) is 0. The molecule has 1 fully saturated rings. The molecule has 0 radical (unpaired) electrons. The van der Waals surface area contributed by atoms with Crippen LogP contribution in [0, 0.1) is 0 Å².